The van der Waals surface area contributed by atoms with Crippen LogP contribution < -0.4 is 0 Å². The Hall–Kier alpha value is -2.56. The van der Waals surface area contributed by atoms with E-state index < -0.39 is 0 Å². The van der Waals surface area contributed by atoms with E-state index in [0.29, 0.717) is 18.7 Å². The van der Waals surface area contributed by atoms with E-state index in [0.717, 1.165) is 54.3 Å². The van der Waals surface area contributed by atoms with Crippen LogP contribution in [0.25, 0.3) is 16.5 Å². The highest BCUT2D eigenvalue weighted by atomic mass is 16.5. The third-order valence-corrected chi connectivity index (χ3v) is 5.45. The first-order valence-electron chi connectivity index (χ1n) is 9.48. The number of hydrogen-bond acceptors (Lipinski definition) is 3. The summed E-state index contributed by atoms with van der Waals surface area (Å²) in [5.74, 6) is -0.159. The predicted octanol–water partition coefficient (Wildman–Crippen LogP) is 3.65. The molecule has 4 rings (SSSR count). The fourth-order valence-electron chi connectivity index (χ4n) is 4.15. The van der Waals surface area contributed by atoms with E-state index in [4.69, 9.17) is 4.74 Å². The van der Waals surface area contributed by atoms with Crippen molar-refractivity contribution in [2.75, 3.05) is 13.2 Å². The van der Waals surface area contributed by atoms with Crippen molar-refractivity contribution in [3.05, 3.63) is 41.7 Å². The second kappa shape index (κ2) is 6.98. The van der Waals surface area contributed by atoms with Crippen molar-refractivity contribution in [1.82, 2.24) is 9.88 Å². The van der Waals surface area contributed by atoms with Gasteiger partial charge in [0, 0.05) is 29.6 Å². The zero-order valence-electron chi connectivity index (χ0n) is 15.1. The number of nitrogens with one attached hydrogen (secondary N) is 1. The van der Waals surface area contributed by atoms with Gasteiger partial charge in [0.25, 0.3) is 0 Å². The van der Waals surface area contributed by atoms with Gasteiger partial charge in [0.2, 0.25) is 5.91 Å². The maximum absolute atomic E-state index is 12.9. The zero-order valence-corrected chi connectivity index (χ0v) is 15.1. The molecular weight excluding hydrogens is 328 g/mol. The number of carbonyl (C=O) groups excluding carboxylic acids is 2. The van der Waals surface area contributed by atoms with Gasteiger partial charge in [0.15, 0.2) is 0 Å². The lowest BCUT2D eigenvalue weighted by atomic mass is 10.0. The van der Waals surface area contributed by atoms with Crippen molar-refractivity contribution in [2.45, 2.75) is 39.0 Å². The number of aromatic amines is 1. The highest BCUT2D eigenvalue weighted by Crippen LogP contribution is 2.33. The summed E-state index contributed by atoms with van der Waals surface area (Å²) in [6.45, 7) is 2.69. The lowest BCUT2D eigenvalue weighted by molar-refractivity contribution is -0.136. The minimum Gasteiger partial charge on any atom is -0.462 e. The monoisotopic (exact) mass is 352 g/mol. The molecule has 26 heavy (non-hydrogen) atoms. The number of carbonyl (C=O) groups is 2. The molecular formula is C21H24N2O3. The van der Waals surface area contributed by atoms with Crippen LogP contribution in [0.4, 0.5) is 0 Å². The van der Waals surface area contributed by atoms with Gasteiger partial charge in [-0.1, -0.05) is 31.0 Å². The molecule has 1 aliphatic carbocycles. The van der Waals surface area contributed by atoms with Gasteiger partial charge in [-0.25, -0.2) is 4.79 Å². The number of para-hydroxylation sites is 1. The molecule has 1 aromatic carbocycles. The summed E-state index contributed by atoms with van der Waals surface area (Å²) in [6, 6.07) is 8.04. The van der Waals surface area contributed by atoms with Crippen LogP contribution in [0.15, 0.2) is 30.5 Å². The van der Waals surface area contributed by atoms with Crippen molar-refractivity contribution in [3.8, 4) is 0 Å². The van der Waals surface area contributed by atoms with Gasteiger partial charge in [-0.05, 0) is 37.8 Å². The van der Waals surface area contributed by atoms with E-state index in [1.54, 1.807) is 18.0 Å². The zero-order chi connectivity index (χ0) is 18.1. The van der Waals surface area contributed by atoms with E-state index in [9.17, 15) is 9.59 Å². The van der Waals surface area contributed by atoms with Crippen LogP contribution in [0.1, 0.15) is 43.9 Å². The average molecular weight is 352 g/mol. The number of ether oxygens (including phenoxy) is 1. The number of nitrogens with zero attached hydrogens (tertiary/aromatic N) is 1. The third-order valence-electron chi connectivity index (χ3n) is 5.45. The van der Waals surface area contributed by atoms with E-state index in [-0.39, 0.29) is 17.8 Å². The Kier molecular flexibility index (Phi) is 4.53. The fraction of sp³-hybridized carbons (Fsp3) is 0.429. The smallest absolute Gasteiger partial charge is 0.341 e. The molecule has 0 radical (unpaired) electrons. The molecule has 0 atom stereocenters. The third kappa shape index (κ3) is 2.91. The first-order chi connectivity index (χ1) is 12.7. The Morgan fingerprint density at radius 1 is 1.23 bits per heavy atom. The molecule has 2 aliphatic rings. The second-order valence-electron chi connectivity index (χ2n) is 7.05. The summed E-state index contributed by atoms with van der Waals surface area (Å²) < 4.78 is 5.28. The number of aromatic nitrogens is 1. The fourth-order valence-corrected chi connectivity index (χ4v) is 4.15. The molecule has 2 heterocycles. The van der Waals surface area contributed by atoms with Crippen molar-refractivity contribution in [2.24, 2.45) is 5.92 Å². The molecule has 5 heteroatoms. The molecule has 1 amide bonds. The largest absolute Gasteiger partial charge is 0.462 e. The number of amides is 1. The molecule has 136 valence electrons. The Morgan fingerprint density at radius 3 is 2.77 bits per heavy atom. The summed E-state index contributed by atoms with van der Waals surface area (Å²) in [5.41, 5.74) is 3.32. The van der Waals surface area contributed by atoms with E-state index in [1.807, 2.05) is 18.2 Å². The lowest BCUT2D eigenvalue weighted by Gasteiger charge is -2.21. The van der Waals surface area contributed by atoms with Crippen LogP contribution >= 0.6 is 0 Å². The van der Waals surface area contributed by atoms with Crippen LogP contribution in [-0.4, -0.2) is 34.9 Å². The lowest BCUT2D eigenvalue weighted by Crippen LogP contribution is -2.32. The Bertz CT molecular complexity index is 875. The van der Waals surface area contributed by atoms with Crippen molar-refractivity contribution >= 4 is 28.4 Å². The summed E-state index contributed by atoms with van der Waals surface area (Å²) in [7, 11) is 0. The second-order valence-corrected chi connectivity index (χ2v) is 7.05. The Labute approximate surface area is 153 Å². The van der Waals surface area contributed by atoms with E-state index >= 15 is 0 Å². The average Bonchev–Trinajstić information content (AvgIpc) is 3.26. The molecule has 1 aromatic heterocycles. The van der Waals surface area contributed by atoms with Crippen molar-refractivity contribution < 1.29 is 14.3 Å². The topological polar surface area (TPSA) is 62.4 Å². The molecule has 5 nitrogen and oxygen atoms in total. The maximum Gasteiger partial charge on any atom is 0.341 e. The van der Waals surface area contributed by atoms with Gasteiger partial charge in [-0.3, -0.25) is 4.79 Å². The molecule has 1 N–H and O–H groups in total. The summed E-state index contributed by atoms with van der Waals surface area (Å²) in [4.78, 5) is 30.7. The molecule has 1 saturated carbocycles. The van der Waals surface area contributed by atoms with Crippen LogP contribution in [-0.2, 0) is 20.7 Å². The molecule has 2 aromatic rings. The van der Waals surface area contributed by atoms with E-state index in [1.165, 1.54) is 0 Å². The summed E-state index contributed by atoms with van der Waals surface area (Å²) in [5, 5.41) is 1.10. The highest BCUT2D eigenvalue weighted by molar-refractivity contribution is 6.18. The molecule has 0 spiro atoms. The van der Waals surface area contributed by atoms with Crippen molar-refractivity contribution in [3.63, 3.8) is 0 Å². The SMILES string of the molecule is CCOC(=O)C1=CN(C(=O)C2CCCC2)CCc2c1[nH]c1ccccc21. The molecule has 0 saturated heterocycles. The normalized spacial score (nSPS) is 17.7. The molecule has 1 fully saturated rings. The number of hydrogen-bond donors (Lipinski definition) is 1. The summed E-state index contributed by atoms with van der Waals surface area (Å²) in [6.07, 6.45) is 6.56. The number of rotatable bonds is 3. The Morgan fingerprint density at radius 2 is 2.00 bits per heavy atom. The van der Waals surface area contributed by atoms with Gasteiger partial charge in [-0.15, -0.1) is 0 Å². The Balaban J connectivity index is 1.76. The first kappa shape index (κ1) is 16.9. The van der Waals surface area contributed by atoms with Crippen molar-refractivity contribution in [1.29, 1.82) is 0 Å². The van der Waals surface area contributed by atoms with E-state index in [2.05, 4.69) is 11.1 Å². The molecule has 0 unspecified atom stereocenters. The highest BCUT2D eigenvalue weighted by Gasteiger charge is 2.31. The number of fused-ring (bicyclic) bond motifs is 3. The number of esters is 1. The van der Waals surface area contributed by atoms with Gasteiger partial charge in [-0.2, -0.15) is 0 Å². The quantitative estimate of drug-likeness (QED) is 0.858. The van der Waals surface area contributed by atoms with Gasteiger partial charge in [0.1, 0.15) is 0 Å². The van der Waals surface area contributed by atoms with Gasteiger partial charge in [0.05, 0.1) is 17.9 Å². The number of benzene rings is 1. The standard InChI is InChI=1S/C21H24N2O3/c1-2-26-21(25)17-13-23(20(24)14-7-3-4-8-14)12-11-16-15-9-5-6-10-18(15)22-19(16)17/h5-6,9-10,13-14,22H,2-4,7-8,11-12H2,1H3. The van der Waals surface area contributed by atoms with Crippen LogP contribution in [0, 0.1) is 5.92 Å². The maximum atomic E-state index is 12.9. The minimum absolute atomic E-state index is 0.0860. The van der Waals surface area contributed by atoms with Gasteiger partial charge >= 0.3 is 5.97 Å². The van der Waals surface area contributed by atoms with Crippen LogP contribution in [0.2, 0.25) is 0 Å². The van der Waals surface area contributed by atoms with Gasteiger partial charge < -0.3 is 14.6 Å². The molecule has 1 aliphatic heterocycles. The molecule has 0 bridgehead atoms. The van der Waals surface area contributed by atoms with Crippen LogP contribution in [0.5, 0.6) is 0 Å². The predicted molar refractivity (Wildman–Crippen MR) is 100 cm³/mol. The first-order valence-corrected chi connectivity index (χ1v) is 9.48. The number of H-pyrrole nitrogens is 1. The van der Waals surface area contributed by atoms with Crippen LogP contribution in [0.3, 0.4) is 0 Å². The summed E-state index contributed by atoms with van der Waals surface area (Å²) >= 11 is 0. The minimum atomic E-state index is -0.383.